The summed E-state index contributed by atoms with van der Waals surface area (Å²) in [6.45, 7) is 0. The number of amides is 5. The molecule has 0 aromatic heterocycles. The standard InChI is InChI=1S/C12H9N3O6/c16-8(7-9(17)14-12(21)15-10(7)18)13-6-3-1-5(2-4-6)11(19)20/h1-4,7H,(H,13,16)(H,19,20)(H2,14,15,17,18,21). The third kappa shape index (κ3) is 3.03. The van der Waals surface area contributed by atoms with E-state index in [1.54, 1.807) is 10.6 Å². The molecular weight excluding hydrogens is 282 g/mol. The highest BCUT2D eigenvalue weighted by molar-refractivity contribution is 6.28. The van der Waals surface area contributed by atoms with Crippen molar-refractivity contribution in [3.05, 3.63) is 29.8 Å². The van der Waals surface area contributed by atoms with Crippen LogP contribution in [0.5, 0.6) is 0 Å². The quantitative estimate of drug-likeness (QED) is 0.543. The van der Waals surface area contributed by atoms with E-state index in [4.69, 9.17) is 5.11 Å². The number of anilines is 1. The predicted octanol–water partition coefficient (Wildman–Crippen LogP) is -0.695. The second-order valence-electron chi connectivity index (χ2n) is 4.11. The Hall–Kier alpha value is -3.23. The van der Waals surface area contributed by atoms with E-state index in [1.165, 1.54) is 24.3 Å². The first-order chi connectivity index (χ1) is 9.88. The van der Waals surface area contributed by atoms with Crippen molar-refractivity contribution in [1.82, 2.24) is 10.6 Å². The minimum atomic E-state index is -1.69. The van der Waals surface area contributed by atoms with Crippen molar-refractivity contribution in [1.29, 1.82) is 0 Å². The lowest BCUT2D eigenvalue weighted by molar-refractivity contribution is -0.141. The maximum absolute atomic E-state index is 11.9. The third-order valence-electron chi connectivity index (χ3n) is 2.66. The van der Waals surface area contributed by atoms with Gasteiger partial charge < -0.3 is 10.4 Å². The number of hydrogen-bond donors (Lipinski definition) is 4. The fourth-order valence-electron chi connectivity index (χ4n) is 1.67. The van der Waals surface area contributed by atoms with Crippen LogP contribution in [0.1, 0.15) is 10.4 Å². The topological polar surface area (TPSA) is 142 Å². The number of carboxylic acid groups (broad SMARTS) is 1. The molecule has 1 heterocycles. The zero-order valence-electron chi connectivity index (χ0n) is 10.4. The Labute approximate surface area is 117 Å². The summed E-state index contributed by atoms with van der Waals surface area (Å²) in [5.41, 5.74) is 0.231. The van der Waals surface area contributed by atoms with E-state index in [1.807, 2.05) is 0 Å². The molecule has 2 rings (SSSR count). The fourth-order valence-corrected chi connectivity index (χ4v) is 1.67. The van der Waals surface area contributed by atoms with Crippen molar-refractivity contribution >= 4 is 35.4 Å². The lowest BCUT2D eigenvalue weighted by atomic mass is 10.1. The Morgan fingerprint density at radius 3 is 2.00 bits per heavy atom. The summed E-state index contributed by atoms with van der Waals surface area (Å²) in [5, 5.41) is 14.6. The Kier molecular flexibility index (Phi) is 3.65. The number of carbonyl (C=O) groups excluding carboxylic acids is 4. The smallest absolute Gasteiger partial charge is 0.335 e. The van der Waals surface area contributed by atoms with Crippen molar-refractivity contribution in [3.8, 4) is 0 Å². The van der Waals surface area contributed by atoms with Crippen molar-refractivity contribution in [3.63, 3.8) is 0 Å². The largest absolute Gasteiger partial charge is 0.478 e. The van der Waals surface area contributed by atoms with Gasteiger partial charge in [-0.2, -0.15) is 0 Å². The molecule has 0 unspecified atom stereocenters. The fraction of sp³-hybridized carbons (Fsp3) is 0.0833. The lowest BCUT2D eigenvalue weighted by Crippen LogP contribution is -2.58. The molecule has 1 aliphatic heterocycles. The highest BCUT2D eigenvalue weighted by atomic mass is 16.4. The van der Waals surface area contributed by atoms with Crippen molar-refractivity contribution in [2.45, 2.75) is 0 Å². The van der Waals surface area contributed by atoms with Crippen LogP contribution < -0.4 is 16.0 Å². The molecule has 108 valence electrons. The molecule has 1 aliphatic rings. The third-order valence-corrected chi connectivity index (χ3v) is 2.66. The van der Waals surface area contributed by atoms with Crippen LogP contribution in [0.25, 0.3) is 0 Å². The first-order valence-corrected chi connectivity index (χ1v) is 5.68. The molecule has 1 aromatic rings. The zero-order chi connectivity index (χ0) is 15.6. The van der Waals surface area contributed by atoms with Crippen LogP contribution in [-0.4, -0.2) is 34.8 Å². The van der Waals surface area contributed by atoms with Gasteiger partial charge in [0.15, 0.2) is 5.92 Å². The zero-order valence-corrected chi connectivity index (χ0v) is 10.4. The van der Waals surface area contributed by atoms with Crippen molar-refractivity contribution in [2.24, 2.45) is 5.92 Å². The number of rotatable bonds is 3. The van der Waals surface area contributed by atoms with Gasteiger partial charge in [0.25, 0.3) is 0 Å². The van der Waals surface area contributed by atoms with E-state index in [0.29, 0.717) is 0 Å². The second-order valence-corrected chi connectivity index (χ2v) is 4.11. The number of nitrogens with one attached hydrogen (secondary N) is 3. The maximum Gasteiger partial charge on any atom is 0.335 e. The van der Waals surface area contributed by atoms with Gasteiger partial charge in [-0.05, 0) is 24.3 Å². The summed E-state index contributed by atoms with van der Waals surface area (Å²) < 4.78 is 0. The van der Waals surface area contributed by atoms with E-state index >= 15 is 0 Å². The average molecular weight is 291 g/mol. The monoisotopic (exact) mass is 291 g/mol. The number of carbonyl (C=O) groups is 5. The highest BCUT2D eigenvalue weighted by Gasteiger charge is 2.39. The summed E-state index contributed by atoms with van der Waals surface area (Å²) in [6.07, 6.45) is 0. The highest BCUT2D eigenvalue weighted by Crippen LogP contribution is 2.12. The van der Waals surface area contributed by atoms with Crippen LogP contribution in [0, 0.1) is 5.92 Å². The summed E-state index contributed by atoms with van der Waals surface area (Å²) in [7, 11) is 0. The number of barbiturate groups is 1. The SMILES string of the molecule is O=C1NC(=O)C(C(=O)Nc2ccc(C(=O)O)cc2)C(=O)N1. The molecule has 0 spiro atoms. The Balaban J connectivity index is 2.10. The molecule has 5 amide bonds. The summed E-state index contributed by atoms with van der Waals surface area (Å²) in [6, 6.07) is 4.14. The molecule has 9 heteroatoms. The minimum absolute atomic E-state index is 0.0201. The van der Waals surface area contributed by atoms with Crippen LogP contribution in [0.15, 0.2) is 24.3 Å². The van der Waals surface area contributed by atoms with E-state index < -0.39 is 35.6 Å². The molecule has 21 heavy (non-hydrogen) atoms. The van der Waals surface area contributed by atoms with Gasteiger partial charge in [-0.15, -0.1) is 0 Å². The van der Waals surface area contributed by atoms with E-state index in [-0.39, 0.29) is 11.3 Å². The number of carboxylic acids is 1. The van der Waals surface area contributed by atoms with Crippen LogP contribution in [0.2, 0.25) is 0 Å². The van der Waals surface area contributed by atoms with Crippen LogP contribution >= 0.6 is 0 Å². The van der Waals surface area contributed by atoms with Gasteiger partial charge in [0.2, 0.25) is 17.7 Å². The average Bonchev–Trinajstić information content (AvgIpc) is 2.37. The number of imide groups is 2. The van der Waals surface area contributed by atoms with E-state index in [9.17, 15) is 24.0 Å². The first kappa shape index (κ1) is 14.2. The molecule has 0 aliphatic carbocycles. The van der Waals surface area contributed by atoms with Gasteiger partial charge in [0.05, 0.1) is 5.56 Å². The summed E-state index contributed by atoms with van der Waals surface area (Å²) >= 11 is 0. The number of hydrogen-bond acceptors (Lipinski definition) is 5. The second kappa shape index (κ2) is 5.41. The Morgan fingerprint density at radius 1 is 1.00 bits per heavy atom. The summed E-state index contributed by atoms with van der Waals surface area (Å²) in [5.74, 6) is -5.80. The van der Waals surface area contributed by atoms with Gasteiger partial charge in [-0.25, -0.2) is 9.59 Å². The van der Waals surface area contributed by atoms with Crippen molar-refractivity contribution in [2.75, 3.05) is 5.32 Å². The Bertz CT molecular complexity index is 631. The number of urea groups is 1. The van der Waals surface area contributed by atoms with Gasteiger partial charge in [-0.1, -0.05) is 0 Å². The molecule has 0 saturated carbocycles. The van der Waals surface area contributed by atoms with Crippen LogP contribution in [0.3, 0.4) is 0 Å². The predicted molar refractivity (Wildman–Crippen MR) is 67.2 cm³/mol. The molecule has 9 nitrogen and oxygen atoms in total. The lowest BCUT2D eigenvalue weighted by Gasteiger charge is -2.19. The molecule has 4 N–H and O–H groups in total. The van der Waals surface area contributed by atoms with Crippen LogP contribution in [0.4, 0.5) is 10.5 Å². The molecule has 0 atom stereocenters. The van der Waals surface area contributed by atoms with Gasteiger partial charge in [-0.3, -0.25) is 25.0 Å². The molecule has 1 saturated heterocycles. The van der Waals surface area contributed by atoms with Gasteiger partial charge >= 0.3 is 12.0 Å². The van der Waals surface area contributed by atoms with E-state index in [2.05, 4.69) is 5.32 Å². The summed E-state index contributed by atoms with van der Waals surface area (Å²) in [4.78, 5) is 56.3. The minimum Gasteiger partial charge on any atom is -0.478 e. The Morgan fingerprint density at radius 2 is 1.52 bits per heavy atom. The molecule has 1 fully saturated rings. The number of aromatic carboxylic acids is 1. The maximum atomic E-state index is 11.9. The van der Waals surface area contributed by atoms with Gasteiger partial charge in [0.1, 0.15) is 0 Å². The van der Waals surface area contributed by atoms with E-state index in [0.717, 1.165) is 0 Å². The molecule has 0 radical (unpaired) electrons. The van der Waals surface area contributed by atoms with Crippen molar-refractivity contribution < 1.29 is 29.1 Å². The molecule has 1 aromatic carbocycles. The van der Waals surface area contributed by atoms with Crippen LogP contribution in [-0.2, 0) is 14.4 Å². The normalized spacial score (nSPS) is 15.1. The molecule has 0 bridgehead atoms. The molecular formula is C12H9N3O6. The van der Waals surface area contributed by atoms with Gasteiger partial charge in [0, 0.05) is 5.69 Å². The first-order valence-electron chi connectivity index (χ1n) is 5.68. The number of benzene rings is 1.